The molecule has 1 atom stereocenters. The highest BCUT2D eigenvalue weighted by Crippen LogP contribution is 2.28. The lowest BCUT2D eigenvalue weighted by Gasteiger charge is -1.98. The number of hydrogen-bond acceptors (Lipinski definition) is 2. The molecule has 11 heavy (non-hydrogen) atoms. The van der Waals surface area contributed by atoms with Crippen LogP contribution < -0.4 is 5.56 Å². The Morgan fingerprint density at radius 2 is 2.36 bits per heavy atom. The van der Waals surface area contributed by atoms with Gasteiger partial charge in [0.05, 0.1) is 6.61 Å². The van der Waals surface area contributed by atoms with Crippen molar-refractivity contribution in [2.24, 2.45) is 7.05 Å². The Morgan fingerprint density at radius 3 is 2.91 bits per heavy atom. The van der Waals surface area contributed by atoms with Crippen LogP contribution in [-0.2, 0) is 11.8 Å². The molecule has 0 aromatic carbocycles. The van der Waals surface area contributed by atoms with Crippen molar-refractivity contribution in [3.8, 4) is 0 Å². The summed E-state index contributed by atoms with van der Waals surface area (Å²) in [5, 5.41) is 0. The quantitative estimate of drug-likeness (QED) is 0.546. The molecule has 2 rings (SSSR count). The van der Waals surface area contributed by atoms with Crippen LogP contribution in [0.1, 0.15) is 11.7 Å². The molecule has 0 spiro atoms. The van der Waals surface area contributed by atoms with Crippen LogP contribution in [0.3, 0.4) is 0 Å². The van der Waals surface area contributed by atoms with Gasteiger partial charge in [-0.3, -0.25) is 4.79 Å². The zero-order chi connectivity index (χ0) is 7.84. The number of rotatable bonds is 1. The topological polar surface area (TPSA) is 34.5 Å². The Bertz CT molecular complexity index is 325. The Balaban J connectivity index is 2.44. The van der Waals surface area contributed by atoms with Crippen LogP contribution in [0.15, 0.2) is 23.1 Å². The molecule has 1 saturated heterocycles. The van der Waals surface area contributed by atoms with Crippen molar-refractivity contribution in [2.75, 3.05) is 6.61 Å². The lowest BCUT2D eigenvalue weighted by atomic mass is 10.2. The van der Waals surface area contributed by atoms with Crippen molar-refractivity contribution in [3.05, 3.63) is 34.2 Å². The van der Waals surface area contributed by atoms with Gasteiger partial charge in [0.15, 0.2) is 0 Å². The summed E-state index contributed by atoms with van der Waals surface area (Å²) in [6.45, 7) is 0.790. The second kappa shape index (κ2) is 2.20. The normalized spacial score (nSPS) is 21.7. The van der Waals surface area contributed by atoms with Crippen molar-refractivity contribution in [1.29, 1.82) is 0 Å². The van der Waals surface area contributed by atoms with Crippen LogP contribution >= 0.6 is 0 Å². The number of ether oxygens (including phenoxy) is 1. The molecule has 3 heteroatoms. The fraction of sp³-hybridized carbons (Fsp3) is 0.375. The number of aryl methyl sites for hydroxylation is 1. The fourth-order valence-corrected chi connectivity index (χ4v) is 1.05. The first-order valence-electron chi connectivity index (χ1n) is 3.55. The van der Waals surface area contributed by atoms with Gasteiger partial charge in [-0.2, -0.15) is 0 Å². The Hall–Kier alpha value is -1.09. The molecule has 1 fully saturated rings. The number of epoxide rings is 1. The lowest BCUT2D eigenvalue weighted by Crippen LogP contribution is -2.14. The van der Waals surface area contributed by atoms with E-state index in [2.05, 4.69) is 0 Å². The van der Waals surface area contributed by atoms with E-state index in [0.29, 0.717) is 0 Å². The molecule has 1 aromatic heterocycles. The monoisotopic (exact) mass is 151 g/mol. The van der Waals surface area contributed by atoms with E-state index in [1.165, 1.54) is 0 Å². The van der Waals surface area contributed by atoms with Crippen LogP contribution in [0.5, 0.6) is 0 Å². The van der Waals surface area contributed by atoms with Gasteiger partial charge in [0.25, 0.3) is 0 Å². The summed E-state index contributed by atoms with van der Waals surface area (Å²) in [5.74, 6) is 0. The maximum absolute atomic E-state index is 10.9. The SMILES string of the molecule is Cn1cc(C2CO2)ccc1=O. The maximum Gasteiger partial charge on any atom is 0.250 e. The van der Waals surface area contributed by atoms with Gasteiger partial charge in [-0.25, -0.2) is 0 Å². The van der Waals surface area contributed by atoms with E-state index in [1.807, 2.05) is 12.3 Å². The summed E-state index contributed by atoms with van der Waals surface area (Å²) < 4.78 is 6.64. The smallest absolute Gasteiger partial charge is 0.250 e. The summed E-state index contributed by atoms with van der Waals surface area (Å²) in [6, 6.07) is 3.39. The van der Waals surface area contributed by atoms with E-state index in [9.17, 15) is 4.79 Å². The third-order valence-corrected chi connectivity index (χ3v) is 1.81. The van der Waals surface area contributed by atoms with Crippen LogP contribution in [0.4, 0.5) is 0 Å². The first kappa shape index (κ1) is 6.61. The summed E-state index contributed by atoms with van der Waals surface area (Å²) in [5.41, 5.74) is 1.11. The van der Waals surface area contributed by atoms with Crippen molar-refractivity contribution >= 4 is 0 Å². The van der Waals surface area contributed by atoms with Gasteiger partial charge in [0, 0.05) is 19.3 Å². The Morgan fingerprint density at radius 1 is 1.64 bits per heavy atom. The Labute approximate surface area is 64.2 Å². The minimum atomic E-state index is 0.0226. The maximum atomic E-state index is 10.9. The molecule has 58 valence electrons. The number of aromatic nitrogens is 1. The number of nitrogens with zero attached hydrogens (tertiary/aromatic N) is 1. The largest absolute Gasteiger partial charge is 0.368 e. The summed E-state index contributed by atoms with van der Waals surface area (Å²) in [4.78, 5) is 10.9. The summed E-state index contributed by atoms with van der Waals surface area (Å²) in [6.07, 6.45) is 2.06. The predicted molar refractivity (Wildman–Crippen MR) is 40.4 cm³/mol. The van der Waals surface area contributed by atoms with Gasteiger partial charge in [-0.05, 0) is 11.6 Å². The van der Waals surface area contributed by atoms with E-state index in [4.69, 9.17) is 4.74 Å². The molecule has 0 bridgehead atoms. The molecule has 0 N–H and O–H groups in total. The molecule has 0 radical (unpaired) electrons. The third kappa shape index (κ3) is 1.19. The van der Waals surface area contributed by atoms with Crippen molar-refractivity contribution < 1.29 is 4.74 Å². The van der Waals surface area contributed by atoms with Gasteiger partial charge in [-0.1, -0.05) is 0 Å². The molecular weight excluding hydrogens is 142 g/mol. The standard InChI is InChI=1S/C8H9NO2/c1-9-4-6(7-5-11-7)2-3-8(9)10/h2-4,7H,5H2,1H3. The molecule has 1 aliphatic heterocycles. The predicted octanol–water partition coefficient (Wildman–Crippen LogP) is 0.457. The zero-order valence-corrected chi connectivity index (χ0v) is 6.28. The van der Waals surface area contributed by atoms with Crippen molar-refractivity contribution in [2.45, 2.75) is 6.10 Å². The average molecular weight is 151 g/mol. The van der Waals surface area contributed by atoms with Gasteiger partial charge in [0.2, 0.25) is 5.56 Å². The first-order chi connectivity index (χ1) is 5.27. The summed E-state index contributed by atoms with van der Waals surface area (Å²) >= 11 is 0. The summed E-state index contributed by atoms with van der Waals surface area (Å²) in [7, 11) is 1.74. The van der Waals surface area contributed by atoms with Crippen LogP contribution in [0, 0.1) is 0 Å². The molecule has 0 aliphatic carbocycles. The third-order valence-electron chi connectivity index (χ3n) is 1.81. The highest BCUT2D eigenvalue weighted by atomic mass is 16.6. The van der Waals surface area contributed by atoms with Gasteiger partial charge >= 0.3 is 0 Å². The van der Waals surface area contributed by atoms with Crippen LogP contribution in [0.2, 0.25) is 0 Å². The molecule has 1 aromatic rings. The van der Waals surface area contributed by atoms with Gasteiger partial charge in [0.1, 0.15) is 6.10 Å². The molecular formula is C8H9NO2. The second-order valence-corrected chi connectivity index (χ2v) is 2.73. The van der Waals surface area contributed by atoms with E-state index >= 15 is 0 Å². The molecule has 1 aliphatic rings. The van der Waals surface area contributed by atoms with E-state index in [-0.39, 0.29) is 11.7 Å². The van der Waals surface area contributed by atoms with Crippen LogP contribution in [0.25, 0.3) is 0 Å². The molecule has 2 heterocycles. The minimum Gasteiger partial charge on any atom is -0.368 e. The lowest BCUT2D eigenvalue weighted by molar-refractivity contribution is 0.414. The van der Waals surface area contributed by atoms with E-state index < -0.39 is 0 Å². The number of pyridine rings is 1. The Kier molecular flexibility index (Phi) is 1.32. The van der Waals surface area contributed by atoms with Crippen molar-refractivity contribution in [1.82, 2.24) is 4.57 Å². The average Bonchev–Trinajstić information content (AvgIpc) is 2.77. The molecule has 0 amide bonds. The zero-order valence-electron chi connectivity index (χ0n) is 6.28. The fourth-order valence-electron chi connectivity index (χ4n) is 1.05. The van der Waals surface area contributed by atoms with Crippen molar-refractivity contribution in [3.63, 3.8) is 0 Å². The molecule has 3 nitrogen and oxygen atoms in total. The van der Waals surface area contributed by atoms with Crippen LogP contribution in [-0.4, -0.2) is 11.2 Å². The van der Waals surface area contributed by atoms with E-state index in [0.717, 1.165) is 12.2 Å². The highest BCUT2D eigenvalue weighted by molar-refractivity contribution is 5.16. The molecule has 1 unspecified atom stereocenters. The highest BCUT2D eigenvalue weighted by Gasteiger charge is 2.24. The minimum absolute atomic E-state index is 0.0226. The number of hydrogen-bond donors (Lipinski definition) is 0. The van der Waals surface area contributed by atoms with Gasteiger partial charge < -0.3 is 9.30 Å². The second-order valence-electron chi connectivity index (χ2n) is 2.73. The first-order valence-corrected chi connectivity index (χ1v) is 3.55. The van der Waals surface area contributed by atoms with E-state index in [1.54, 1.807) is 17.7 Å². The van der Waals surface area contributed by atoms with Gasteiger partial charge in [-0.15, -0.1) is 0 Å². The molecule has 0 saturated carbocycles.